The molecule has 0 heterocycles. The first-order valence-electron chi connectivity index (χ1n) is 7.63. The summed E-state index contributed by atoms with van der Waals surface area (Å²) in [7, 11) is 0. The summed E-state index contributed by atoms with van der Waals surface area (Å²) in [6.45, 7) is 2.00. The SMILES string of the molecule is C#Cc1cccc(NC(=O)CN=C(N)Nc2cccc(CC)c2)c1.I. The van der Waals surface area contributed by atoms with E-state index in [9.17, 15) is 4.79 Å². The van der Waals surface area contributed by atoms with Crippen molar-refractivity contribution >= 4 is 47.2 Å². The molecule has 0 aliphatic carbocycles. The summed E-state index contributed by atoms with van der Waals surface area (Å²) in [6.07, 6.45) is 6.27. The Morgan fingerprint density at radius 3 is 2.52 bits per heavy atom. The third-order valence-electron chi connectivity index (χ3n) is 3.31. The van der Waals surface area contributed by atoms with Gasteiger partial charge >= 0.3 is 0 Å². The van der Waals surface area contributed by atoms with Gasteiger partial charge < -0.3 is 16.4 Å². The van der Waals surface area contributed by atoms with Crippen LogP contribution < -0.4 is 16.4 Å². The zero-order valence-corrected chi connectivity index (χ0v) is 16.3. The van der Waals surface area contributed by atoms with Crippen LogP contribution in [0.3, 0.4) is 0 Å². The first-order chi connectivity index (χ1) is 11.6. The Morgan fingerprint density at radius 1 is 1.16 bits per heavy atom. The Hall–Kier alpha value is -2.53. The number of hydrogen-bond acceptors (Lipinski definition) is 2. The van der Waals surface area contributed by atoms with Gasteiger partial charge in [0.15, 0.2) is 5.96 Å². The van der Waals surface area contributed by atoms with Crippen molar-refractivity contribution in [2.24, 2.45) is 10.7 Å². The lowest BCUT2D eigenvalue weighted by Crippen LogP contribution is -2.25. The molecular formula is C19H21IN4O. The number of amides is 1. The normalized spacial score (nSPS) is 10.3. The molecule has 130 valence electrons. The molecule has 0 aliphatic rings. The van der Waals surface area contributed by atoms with E-state index < -0.39 is 0 Å². The van der Waals surface area contributed by atoms with E-state index >= 15 is 0 Å². The predicted octanol–water partition coefficient (Wildman–Crippen LogP) is 3.21. The molecule has 2 rings (SSSR count). The lowest BCUT2D eigenvalue weighted by atomic mass is 10.1. The van der Waals surface area contributed by atoms with E-state index in [1.54, 1.807) is 24.3 Å². The quantitative estimate of drug-likeness (QED) is 0.285. The smallest absolute Gasteiger partial charge is 0.246 e. The topological polar surface area (TPSA) is 79.5 Å². The van der Waals surface area contributed by atoms with E-state index in [0.717, 1.165) is 12.1 Å². The van der Waals surface area contributed by atoms with Crippen molar-refractivity contribution in [1.82, 2.24) is 0 Å². The van der Waals surface area contributed by atoms with Crippen LogP contribution >= 0.6 is 24.0 Å². The second kappa shape index (κ2) is 10.4. The van der Waals surface area contributed by atoms with Crippen molar-refractivity contribution in [2.45, 2.75) is 13.3 Å². The fourth-order valence-electron chi connectivity index (χ4n) is 2.10. The van der Waals surface area contributed by atoms with Crippen LogP contribution in [0.4, 0.5) is 11.4 Å². The second-order valence-electron chi connectivity index (χ2n) is 5.15. The number of aliphatic imine (C=N–C) groups is 1. The molecular weight excluding hydrogens is 427 g/mol. The number of nitrogens with zero attached hydrogens (tertiary/aromatic N) is 1. The van der Waals surface area contributed by atoms with Gasteiger partial charge in [0.05, 0.1) is 0 Å². The molecule has 25 heavy (non-hydrogen) atoms. The Labute approximate surface area is 165 Å². The van der Waals surface area contributed by atoms with Gasteiger partial charge in [0, 0.05) is 16.9 Å². The molecule has 0 atom stereocenters. The summed E-state index contributed by atoms with van der Waals surface area (Å²) in [5.74, 6) is 2.44. The highest BCUT2D eigenvalue weighted by molar-refractivity contribution is 14.0. The summed E-state index contributed by atoms with van der Waals surface area (Å²) in [5, 5.41) is 5.70. The number of halogens is 1. The molecule has 5 nitrogen and oxygen atoms in total. The molecule has 2 aromatic carbocycles. The first-order valence-corrected chi connectivity index (χ1v) is 7.63. The zero-order chi connectivity index (χ0) is 17.4. The van der Waals surface area contributed by atoms with Crippen LogP contribution in [0.5, 0.6) is 0 Å². The number of anilines is 2. The molecule has 0 radical (unpaired) electrons. The van der Waals surface area contributed by atoms with Gasteiger partial charge in [0.2, 0.25) is 5.91 Å². The van der Waals surface area contributed by atoms with Gasteiger partial charge in [0.1, 0.15) is 6.54 Å². The average molecular weight is 448 g/mol. The second-order valence-corrected chi connectivity index (χ2v) is 5.15. The largest absolute Gasteiger partial charge is 0.370 e. The van der Waals surface area contributed by atoms with Crippen molar-refractivity contribution in [3.05, 3.63) is 59.7 Å². The number of hydrogen-bond donors (Lipinski definition) is 3. The fraction of sp³-hybridized carbons (Fsp3) is 0.158. The van der Waals surface area contributed by atoms with E-state index in [2.05, 4.69) is 28.5 Å². The molecule has 0 aromatic heterocycles. The summed E-state index contributed by atoms with van der Waals surface area (Å²) < 4.78 is 0. The van der Waals surface area contributed by atoms with Crippen LogP contribution in [0.15, 0.2) is 53.5 Å². The third kappa shape index (κ3) is 6.85. The predicted molar refractivity (Wildman–Crippen MR) is 114 cm³/mol. The third-order valence-corrected chi connectivity index (χ3v) is 3.31. The number of nitrogens with two attached hydrogens (primary N) is 1. The molecule has 0 spiro atoms. The van der Waals surface area contributed by atoms with Gasteiger partial charge in [-0.15, -0.1) is 30.4 Å². The van der Waals surface area contributed by atoms with E-state index in [-0.39, 0.29) is 42.4 Å². The van der Waals surface area contributed by atoms with E-state index in [1.807, 2.05) is 24.3 Å². The minimum atomic E-state index is -0.267. The standard InChI is InChI=1S/C19H20N4O.HI/c1-3-14-7-5-9-16(11-14)22-18(24)13-21-19(20)23-17-10-6-8-15(4-2)12-17;/h1,5-12H,4,13H2,2H3,(H,22,24)(H3,20,21,23);1H. The summed E-state index contributed by atoms with van der Waals surface area (Å²) in [5.41, 5.74) is 9.19. The van der Waals surface area contributed by atoms with Crippen LogP contribution in [-0.2, 0) is 11.2 Å². The fourth-order valence-corrected chi connectivity index (χ4v) is 2.10. The van der Waals surface area contributed by atoms with E-state index in [1.165, 1.54) is 5.56 Å². The van der Waals surface area contributed by atoms with E-state index in [4.69, 9.17) is 12.2 Å². The van der Waals surface area contributed by atoms with Crippen molar-refractivity contribution in [3.63, 3.8) is 0 Å². The molecule has 0 aliphatic heterocycles. The zero-order valence-electron chi connectivity index (χ0n) is 14.0. The Kier molecular flexibility index (Phi) is 8.50. The summed E-state index contributed by atoms with van der Waals surface area (Å²) >= 11 is 0. The van der Waals surface area contributed by atoms with Gasteiger partial charge in [-0.25, -0.2) is 4.99 Å². The number of carbonyl (C=O) groups excluding carboxylic acids is 1. The minimum absolute atomic E-state index is 0. The average Bonchev–Trinajstić information content (AvgIpc) is 2.60. The van der Waals surface area contributed by atoms with Crippen molar-refractivity contribution in [3.8, 4) is 12.3 Å². The Bertz CT molecular complexity index is 796. The van der Waals surface area contributed by atoms with Crippen LogP contribution in [0.1, 0.15) is 18.1 Å². The Morgan fingerprint density at radius 2 is 1.84 bits per heavy atom. The highest BCUT2D eigenvalue weighted by Gasteiger charge is 2.03. The lowest BCUT2D eigenvalue weighted by Gasteiger charge is -2.07. The van der Waals surface area contributed by atoms with Crippen molar-refractivity contribution in [1.29, 1.82) is 0 Å². The number of terminal acetylenes is 1. The Balaban J connectivity index is 0.00000312. The summed E-state index contributed by atoms with van der Waals surface area (Å²) in [6, 6.07) is 14.9. The van der Waals surface area contributed by atoms with Gasteiger partial charge in [0.25, 0.3) is 0 Å². The van der Waals surface area contributed by atoms with Gasteiger partial charge in [-0.2, -0.15) is 0 Å². The van der Waals surface area contributed by atoms with Crippen molar-refractivity contribution in [2.75, 3.05) is 17.2 Å². The number of aryl methyl sites for hydroxylation is 1. The van der Waals surface area contributed by atoms with Gasteiger partial charge in [-0.1, -0.05) is 31.0 Å². The molecule has 0 saturated carbocycles. The summed E-state index contributed by atoms with van der Waals surface area (Å²) in [4.78, 5) is 16.0. The highest BCUT2D eigenvalue weighted by atomic mass is 127. The molecule has 2 aromatic rings. The van der Waals surface area contributed by atoms with Crippen LogP contribution in [0.25, 0.3) is 0 Å². The lowest BCUT2D eigenvalue weighted by molar-refractivity contribution is -0.114. The highest BCUT2D eigenvalue weighted by Crippen LogP contribution is 2.11. The molecule has 0 bridgehead atoms. The maximum Gasteiger partial charge on any atom is 0.246 e. The number of guanidine groups is 1. The molecule has 4 N–H and O–H groups in total. The molecule has 0 fully saturated rings. The molecule has 0 saturated heterocycles. The molecule has 6 heteroatoms. The monoisotopic (exact) mass is 448 g/mol. The maximum absolute atomic E-state index is 11.9. The number of nitrogens with one attached hydrogen (secondary N) is 2. The van der Waals surface area contributed by atoms with Crippen LogP contribution in [-0.4, -0.2) is 18.4 Å². The van der Waals surface area contributed by atoms with Crippen LogP contribution in [0.2, 0.25) is 0 Å². The maximum atomic E-state index is 11.9. The number of carbonyl (C=O) groups is 1. The first kappa shape index (κ1) is 20.5. The van der Waals surface area contributed by atoms with Gasteiger partial charge in [-0.3, -0.25) is 4.79 Å². The minimum Gasteiger partial charge on any atom is -0.370 e. The number of rotatable bonds is 5. The molecule has 1 amide bonds. The van der Waals surface area contributed by atoms with E-state index in [0.29, 0.717) is 11.3 Å². The number of benzene rings is 2. The molecule has 0 unspecified atom stereocenters. The van der Waals surface area contributed by atoms with Crippen molar-refractivity contribution < 1.29 is 4.79 Å². The van der Waals surface area contributed by atoms with Crippen LogP contribution in [0, 0.1) is 12.3 Å². The van der Waals surface area contributed by atoms with Gasteiger partial charge in [-0.05, 0) is 42.3 Å².